The molecule has 9 nitrogen and oxygen atoms in total. The Morgan fingerprint density at radius 3 is 2.63 bits per heavy atom. The Bertz CT molecular complexity index is 1260. The molecule has 1 aromatic heterocycles. The maximum atomic E-state index is 13.9. The summed E-state index contributed by atoms with van der Waals surface area (Å²) in [6.45, 7) is 2.06. The summed E-state index contributed by atoms with van der Waals surface area (Å²) in [5.41, 5.74) is 0.696. The summed E-state index contributed by atoms with van der Waals surface area (Å²) in [7, 11) is 1.66. The third-order valence-electron chi connectivity index (χ3n) is 6.83. The largest absolute Gasteiger partial charge is 0.454 e. The van der Waals surface area contributed by atoms with E-state index in [1.54, 1.807) is 43.4 Å². The van der Waals surface area contributed by atoms with E-state index in [0.717, 1.165) is 5.56 Å². The van der Waals surface area contributed by atoms with Crippen LogP contribution in [0.2, 0.25) is 0 Å². The fourth-order valence-corrected chi connectivity index (χ4v) is 4.64. The second-order valence-electron chi connectivity index (χ2n) is 8.88. The zero-order chi connectivity index (χ0) is 24.6. The van der Waals surface area contributed by atoms with Crippen molar-refractivity contribution in [3.8, 4) is 11.5 Å². The van der Waals surface area contributed by atoms with E-state index in [0.29, 0.717) is 22.8 Å². The second kappa shape index (κ2) is 8.90. The van der Waals surface area contributed by atoms with Gasteiger partial charge >= 0.3 is 0 Å². The van der Waals surface area contributed by atoms with Crippen molar-refractivity contribution in [3.05, 3.63) is 77.7 Å². The number of carbonyl (C=O) groups is 3. The molecular formula is C26H25N3O6. The number of hydrogen-bond acceptors (Lipinski definition) is 7. The smallest absolute Gasteiger partial charge is 0.241 e. The topological polar surface area (TPSA) is 102 Å². The van der Waals surface area contributed by atoms with E-state index in [1.807, 2.05) is 25.1 Å². The zero-order valence-corrected chi connectivity index (χ0v) is 19.5. The minimum Gasteiger partial charge on any atom is -0.454 e. The Kier molecular flexibility index (Phi) is 5.76. The van der Waals surface area contributed by atoms with Gasteiger partial charge in [-0.3, -0.25) is 19.3 Å². The lowest BCUT2D eigenvalue weighted by Gasteiger charge is -2.31. The third kappa shape index (κ3) is 4.03. The van der Waals surface area contributed by atoms with Gasteiger partial charge in [-0.1, -0.05) is 41.6 Å². The number of fused-ring (bicyclic) bond motifs is 1. The summed E-state index contributed by atoms with van der Waals surface area (Å²) < 4.78 is 15.7. The number of aromatic nitrogens is 1. The molecule has 5 rings (SSSR count). The monoisotopic (exact) mass is 475 g/mol. The van der Waals surface area contributed by atoms with E-state index >= 15 is 0 Å². The van der Waals surface area contributed by atoms with Crippen molar-refractivity contribution in [1.29, 1.82) is 0 Å². The average Bonchev–Trinajstić information content (AvgIpc) is 3.61. The van der Waals surface area contributed by atoms with Gasteiger partial charge in [0.1, 0.15) is 12.0 Å². The van der Waals surface area contributed by atoms with E-state index in [1.165, 1.54) is 16.1 Å². The van der Waals surface area contributed by atoms with Crippen molar-refractivity contribution in [2.75, 3.05) is 13.8 Å². The SMILES string of the molecule is C[C@H](c1ccon1)N(C)C(=O)C[C@@]1(c2ccccc2)CC(=O)N(Cc2ccc3c(c2)OCO3)C1=O. The van der Waals surface area contributed by atoms with Crippen LogP contribution in [-0.2, 0) is 26.3 Å². The minimum atomic E-state index is -1.29. The van der Waals surface area contributed by atoms with Crippen molar-refractivity contribution >= 4 is 17.7 Å². The Hall–Kier alpha value is -4.14. The van der Waals surface area contributed by atoms with E-state index in [2.05, 4.69) is 5.16 Å². The molecule has 0 N–H and O–H groups in total. The molecule has 9 heteroatoms. The first-order valence-corrected chi connectivity index (χ1v) is 11.3. The highest BCUT2D eigenvalue weighted by Crippen LogP contribution is 2.42. The van der Waals surface area contributed by atoms with E-state index in [9.17, 15) is 14.4 Å². The van der Waals surface area contributed by atoms with Crippen LogP contribution < -0.4 is 9.47 Å². The van der Waals surface area contributed by atoms with Gasteiger partial charge in [0.05, 0.1) is 18.0 Å². The highest BCUT2D eigenvalue weighted by Gasteiger charge is 2.54. The van der Waals surface area contributed by atoms with Crippen LogP contribution in [0.25, 0.3) is 0 Å². The maximum Gasteiger partial charge on any atom is 0.241 e. The van der Waals surface area contributed by atoms with Crippen LogP contribution in [0.3, 0.4) is 0 Å². The highest BCUT2D eigenvalue weighted by atomic mass is 16.7. The zero-order valence-electron chi connectivity index (χ0n) is 19.5. The summed E-state index contributed by atoms with van der Waals surface area (Å²) in [6.07, 6.45) is 1.22. The van der Waals surface area contributed by atoms with Crippen LogP contribution >= 0.6 is 0 Å². The molecule has 3 heterocycles. The molecule has 0 bridgehead atoms. The lowest BCUT2D eigenvalue weighted by molar-refractivity contribution is -0.143. The molecular weight excluding hydrogens is 450 g/mol. The van der Waals surface area contributed by atoms with Crippen LogP contribution in [0.1, 0.15) is 42.6 Å². The van der Waals surface area contributed by atoms with Gasteiger partial charge in [-0.15, -0.1) is 0 Å². The Labute approximate surface area is 202 Å². The number of nitrogens with zero attached hydrogens (tertiary/aromatic N) is 3. The number of rotatable bonds is 7. The van der Waals surface area contributed by atoms with Gasteiger partial charge in [-0.25, -0.2) is 0 Å². The summed E-state index contributed by atoms with van der Waals surface area (Å²) >= 11 is 0. The van der Waals surface area contributed by atoms with E-state index < -0.39 is 5.41 Å². The van der Waals surface area contributed by atoms with E-state index in [-0.39, 0.29) is 49.9 Å². The van der Waals surface area contributed by atoms with Crippen molar-refractivity contribution in [2.45, 2.75) is 37.8 Å². The van der Waals surface area contributed by atoms with Crippen LogP contribution in [0.4, 0.5) is 0 Å². The van der Waals surface area contributed by atoms with Gasteiger partial charge in [-0.05, 0) is 30.2 Å². The van der Waals surface area contributed by atoms with Crippen LogP contribution in [-0.4, -0.2) is 46.5 Å². The van der Waals surface area contributed by atoms with Gasteiger partial charge < -0.3 is 18.9 Å². The molecule has 2 aliphatic rings. The Morgan fingerprint density at radius 1 is 1.11 bits per heavy atom. The highest BCUT2D eigenvalue weighted by molar-refractivity contribution is 6.10. The number of likely N-dealkylation sites (tertiary alicyclic amines) is 1. The molecule has 0 radical (unpaired) electrons. The van der Waals surface area contributed by atoms with Crippen molar-refractivity contribution < 1.29 is 28.4 Å². The molecule has 2 aromatic carbocycles. The van der Waals surface area contributed by atoms with Crippen molar-refractivity contribution in [2.24, 2.45) is 0 Å². The Morgan fingerprint density at radius 2 is 1.89 bits per heavy atom. The molecule has 1 fully saturated rings. The number of benzene rings is 2. The van der Waals surface area contributed by atoms with Gasteiger partial charge in [0.15, 0.2) is 11.5 Å². The quantitative estimate of drug-likeness (QED) is 0.484. The average molecular weight is 476 g/mol. The first-order chi connectivity index (χ1) is 16.9. The minimum absolute atomic E-state index is 0.0850. The van der Waals surface area contributed by atoms with Gasteiger partial charge in [0.25, 0.3) is 0 Å². The third-order valence-corrected chi connectivity index (χ3v) is 6.83. The number of carbonyl (C=O) groups excluding carboxylic acids is 3. The molecule has 35 heavy (non-hydrogen) atoms. The molecule has 2 atom stereocenters. The molecule has 3 amide bonds. The normalized spacial score (nSPS) is 19.8. The summed E-state index contributed by atoms with van der Waals surface area (Å²) in [5.74, 6) is 0.227. The standard InChI is InChI=1S/C26H25N3O6/c1-17(20-10-11-35-27-20)28(2)23(30)13-26(19-6-4-3-5-7-19)14-24(31)29(25(26)32)15-18-8-9-21-22(12-18)34-16-33-21/h3-12,17H,13-16H2,1-2H3/t17-,26+/m1/s1. The molecule has 0 saturated carbocycles. The van der Waals surface area contributed by atoms with Crippen LogP contribution in [0.5, 0.6) is 11.5 Å². The number of imide groups is 1. The van der Waals surface area contributed by atoms with Crippen molar-refractivity contribution in [3.63, 3.8) is 0 Å². The molecule has 3 aromatic rings. The molecule has 0 aliphatic carbocycles. The maximum absolute atomic E-state index is 13.9. The molecule has 0 unspecified atom stereocenters. The van der Waals surface area contributed by atoms with E-state index in [4.69, 9.17) is 14.0 Å². The predicted octanol–water partition coefficient (Wildman–Crippen LogP) is 3.21. The molecule has 1 saturated heterocycles. The Balaban J connectivity index is 1.43. The summed E-state index contributed by atoms with van der Waals surface area (Å²) in [5, 5.41) is 3.92. The van der Waals surface area contributed by atoms with Gasteiger partial charge in [-0.2, -0.15) is 0 Å². The summed E-state index contributed by atoms with van der Waals surface area (Å²) in [6, 6.07) is 15.7. The second-order valence-corrected chi connectivity index (χ2v) is 8.88. The predicted molar refractivity (Wildman–Crippen MR) is 123 cm³/mol. The lowest BCUT2D eigenvalue weighted by atomic mass is 9.75. The number of amides is 3. The van der Waals surface area contributed by atoms with Crippen molar-refractivity contribution in [1.82, 2.24) is 15.0 Å². The molecule has 2 aliphatic heterocycles. The summed E-state index contributed by atoms with van der Waals surface area (Å²) in [4.78, 5) is 43.2. The lowest BCUT2D eigenvalue weighted by Crippen LogP contribution is -2.43. The first kappa shape index (κ1) is 22.6. The molecule has 0 spiro atoms. The first-order valence-electron chi connectivity index (χ1n) is 11.3. The molecule has 180 valence electrons. The van der Waals surface area contributed by atoms with Gasteiger partial charge in [0, 0.05) is 26.0 Å². The number of ether oxygens (including phenoxy) is 2. The fourth-order valence-electron chi connectivity index (χ4n) is 4.64. The fraction of sp³-hybridized carbons (Fsp3) is 0.308. The number of hydrogen-bond donors (Lipinski definition) is 0. The van der Waals surface area contributed by atoms with Crippen LogP contribution in [0.15, 0.2) is 65.4 Å². The van der Waals surface area contributed by atoms with Gasteiger partial charge in [0.2, 0.25) is 24.5 Å². The van der Waals surface area contributed by atoms with Crippen LogP contribution in [0, 0.1) is 0 Å².